The van der Waals surface area contributed by atoms with Crippen LogP contribution >= 0.6 is 11.6 Å². The second-order valence-electron chi connectivity index (χ2n) is 5.98. The van der Waals surface area contributed by atoms with E-state index in [-0.39, 0.29) is 5.56 Å². The Labute approximate surface area is 165 Å². The van der Waals surface area contributed by atoms with E-state index < -0.39 is 0 Å². The van der Waals surface area contributed by atoms with Gasteiger partial charge in [0.2, 0.25) is 0 Å². The molecule has 0 spiro atoms. The predicted octanol–water partition coefficient (Wildman–Crippen LogP) is 4.31. The van der Waals surface area contributed by atoms with Crippen LogP contribution < -0.4 is 15.6 Å². The van der Waals surface area contributed by atoms with Gasteiger partial charge >= 0.3 is 0 Å². The Balaban J connectivity index is 2.01. The number of nitrogens with one attached hydrogen (secondary N) is 3. The van der Waals surface area contributed by atoms with Crippen molar-refractivity contribution in [2.45, 2.75) is 0 Å². The largest absolute Gasteiger partial charge is 0.493 e. The van der Waals surface area contributed by atoms with Gasteiger partial charge in [-0.15, -0.1) is 6.42 Å². The van der Waals surface area contributed by atoms with E-state index in [9.17, 15) is 4.79 Å². The number of aromatic nitrogens is 3. The summed E-state index contributed by atoms with van der Waals surface area (Å²) in [5.41, 5.74) is 3.64. The summed E-state index contributed by atoms with van der Waals surface area (Å²) in [5.74, 6) is 3.11. The molecule has 138 valence electrons. The molecule has 28 heavy (non-hydrogen) atoms. The van der Waals surface area contributed by atoms with Gasteiger partial charge in [0.1, 0.15) is 0 Å². The molecule has 3 aromatic heterocycles. The van der Waals surface area contributed by atoms with Gasteiger partial charge < -0.3 is 20.0 Å². The molecule has 7 heteroatoms. The van der Waals surface area contributed by atoms with E-state index in [1.807, 2.05) is 6.07 Å². The second kappa shape index (κ2) is 7.14. The Morgan fingerprint density at radius 3 is 2.93 bits per heavy atom. The van der Waals surface area contributed by atoms with E-state index in [0.29, 0.717) is 44.3 Å². The van der Waals surface area contributed by atoms with Crippen LogP contribution in [0.3, 0.4) is 0 Å². The maximum absolute atomic E-state index is 12.6. The molecule has 0 aliphatic carbocycles. The fourth-order valence-corrected chi connectivity index (χ4v) is 3.41. The number of fused-ring (bicyclic) bond motifs is 1. The van der Waals surface area contributed by atoms with Crippen molar-refractivity contribution in [3.8, 4) is 29.4 Å². The normalized spacial score (nSPS) is 10.6. The number of rotatable bonds is 4. The topological polar surface area (TPSA) is 82.8 Å². The van der Waals surface area contributed by atoms with E-state index in [1.165, 1.54) is 7.11 Å². The predicted molar refractivity (Wildman–Crippen MR) is 111 cm³/mol. The van der Waals surface area contributed by atoms with Gasteiger partial charge in [0.25, 0.3) is 5.56 Å². The van der Waals surface area contributed by atoms with Crippen LogP contribution in [0.15, 0.2) is 53.7 Å². The van der Waals surface area contributed by atoms with Gasteiger partial charge in [-0.1, -0.05) is 23.6 Å². The van der Waals surface area contributed by atoms with Gasteiger partial charge in [0.15, 0.2) is 5.75 Å². The van der Waals surface area contributed by atoms with Crippen LogP contribution in [0.2, 0.25) is 5.02 Å². The third-order valence-corrected chi connectivity index (χ3v) is 4.69. The summed E-state index contributed by atoms with van der Waals surface area (Å²) in [6, 6.07) is 8.93. The molecule has 0 bridgehead atoms. The van der Waals surface area contributed by atoms with Gasteiger partial charge in [0, 0.05) is 24.2 Å². The lowest BCUT2D eigenvalue weighted by atomic mass is 10.1. The van der Waals surface area contributed by atoms with Crippen LogP contribution in [0.25, 0.3) is 22.2 Å². The number of hydrogen-bond acceptors (Lipinski definition) is 4. The Kier molecular flexibility index (Phi) is 4.52. The lowest BCUT2D eigenvalue weighted by molar-refractivity contribution is 0.417. The summed E-state index contributed by atoms with van der Waals surface area (Å²) in [6.07, 6.45) is 10.5. The Morgan fingerprint density at radius 1 is 1.29 bits per heavy atom. The van der Waals surface area contributed by atoms with Crippen molar-refractivity contribution >= 4 is 33.9 Å². The van der Waals surface area contributed by atoms with E-state index in [4.69, 9.17) is 22.8 Å². The third kappa shape index (κ3) is 2.88. The monoisotopic (exact) mass is 390 g/mol. The quantitative estimate of drug-likeness (QED) is 0.453. The van der Waals surface area contributed by atoms with Crippen molar-refractivity contribution in [2.75, 3.05) is 12.4 Å². The van der Waals surface area contributed by atoms with Crippen LogP contribution in [0, 0.1) is 12.3 Å². The maximum atomic E-state index is 12.6. The van der Waals surface area contributed by atoms with Crippen LogP contribution in [0.1, 0.15) is 5.56 Å². The Bertz CT molecular complexity index is 1280. The summed E-state index contributed by atoms with van der Waals surface area (Å²) in [5, 5.41) is 4.22. The minimum atomic E-state index is -0.236. The first-order valence-electron chi connectivity index (χ1n) is 8.38. The molecule has 3 N–H and O–H groups in total. The first kappa shape index (κ1) is 17.7. The fraction of sp³-hybridized carbons (Fsp3) is 0.0476. The highest BCUT2D eigenvalue weighted by Gasteiger charge is 2.19. The van der Waals surface area contributed by atoms with Crippen LogP contribution in [-0.4, -0.2) is 22.1 Å². The van der Waals surface area contributed by atoms with Crippen LogP contribution in [0.4, 0.5) is 11.4 Å². The number of para-hydroxylation sites is 1. The van der Waals surface area contributed by atoms with Crippen molar-refractivity contribution in [2.24, 2.45) is 0 Å². The zero-order valence-corrected chi connectivity index (χ0v) is 15.6. The number of methoxy groups -OCH3 is 1. The molecule has 0 radical (unpaired) electrons. The number of nitrogens with zero attached hydrogens (tertiary/aromatic N) is 1. The molecule has 4 rings (SSSR count). The van der Waals surface area contributed by atoms with Crippen molar-refractivity contribution < 1.29 is 4.74 Å². The average Bonchev–Trinajstić information content (AvgIpc) is 3.07. The van der Waals surface area contributed by atoms with Crippen molar-refractivity contribution in [1.29, 1.82) is 0 Å². The van der Waals surface area contributed by atoms with Crippen LogP contribution in [-0.2, 0) is 0 Å². The molecule has 0 saturated heterocycles. The molecule has 4 aromatic rings. The van der Waals surface area contributed by atoms with Crippen molar-refractivity contribution in [1.82, 2.24) is 15.0 Å². The molecule has 0 unspecified atom stereocenters. The molecule has 0 aliphatic rings. The standard InChI is InChI=1S/C21H15ClN4O2/c1-3-12-11-23-9-7-13(12)18-19(17-15(25-18)8-10-24-21(17)27)26-16-6-4-5-14(22)20(16)28-2/h1,4-11,25-26H,2H3,(H,24,27). The zero-order chi connectivity index (χ0) is 19.7. The van der Waals surface area contributed by atoms with Crippen molar-refractivity contribution in [3.05, 3.63) is 69.9 Å². The maximum Gasteiger partial charge on any atom is 0.259 e. The molecule has 1 aromatic carbocycles. The molecule has 0 atom stereocenters. The van der Waals surface area contributed by atoms with Crippen LogP contribution in [0.5, 0.6) is 5.75 Å². The van der Waals surface area contributed by atoms with Gasteiger partial charge in [-0.2, -0.15) is 0 Å². The highest BCUT2D eigenvalue weighted by molar-refractivity contribution is 6.32. The minimum Gasteiger partial charge on any atom is -0.493 e. The third-order valence-electron chi connectivity index (χ3n) is 4.40. The van der Waals surface area contributed by atoms with Gasteiger partial charge in [-0.05, 0) is 24.3 Å². The van der Waals surface area contributed by atoms with Gasteiger partial charge in [0.05, 0.1) is 45.7 Å². The summed E-state index contributed by atoms with van der Waals surface area (Å²) in [7, 11) is 1.54. The number of anilines is 2. The number of pyridine rings is 2. The number of H-pyrrole nitrogens is 2. The Hall–Kier alpha value is -3.69. The molecule has 6 nitrogen and oxygen atoms in total. The SMILES string of the molecule is C#Cc1cnccc1-c1[nH]c2cc[nH]c(=O)c2c1Nc1cccc(Cl)c1OC. The first-order chi connectivity index (χ1) is 13.6. The lowest BCUT2D eigenvalue weighted by Crippen LogP contribution is -2.06. The molecule has 3 heterocycles. The molecular formula is C21H15ClN4O2. The summed E-state index contributed by atoms with van der Waals surface area (Å²) >= 11 is 6.25. The Morgan fingerprint density at radius 2 is 2.14 bits per heavy atom. The smallest absolute Gasteiger partial charge is 0.259 e. The highest BCUT2D eigenvalue weighted by atomic mass is 35.5. The molecule has 0 saturated carbocycles. The second-order valence-corrected chi connectivity index (χ2v) is 6.39. The summed E-state index contributed by atoms with van der Waals surface area (Å²) in [6.45, 7) is 0. The summed E-state index contributed by atoms with van der Waals surface area (Å²) < 4.78 is 5.42. The average molecular weight is 391 g/mol. The number of halogens is 1. The molecular weight excluding hydrogens is 376 g/mol. The van der Waals surface area contributed by atoms with Crippen molar-refractivity contribution in [3.63, 3.8) is 0 Å². The zero-order valence-electron chi connectivity index (χ0n) is 14.8. The molecule has 0 aliphatic heterocycles. The number of hydrogen-bond donors (Lipinski definition) is 3. The molecule has 0 fully saturated rings. The van der Waals surface area contributed by atoms with E-state index >= 15 is 0 Å². The van der Waals surface area contributed by atoms with E-state index in [1.54, 1.807) is 42.9 Å². The number of ether oxygens (including phenoxy) is 1. The number of aromatic amines is 2. The lowest BCUT2D eigenvalue weighted by Gasteiger charge is -2.14. The minimum absolute atomic E-state index is 0.236. The van der Waals surface area contributed by atoms with Gasteiger partial charge in [-0.25, -0.2) is 0 Å². The van der Waals surface area contributed by atoms with Gasteiger partial charge in [-0.3, -0.25) is 9.78 Å². The van der Waals surface area contributed by atoms with E-state index in [2.05, 4.69) is 26.2 Å². The number of terminal acetylenes is 1. The highest BCUT2D eigenvalue weighted by Crippen LogP contribution is 2.40. The number of benzene rings is 1. The first-order valence-corrected chi connectivity index (χ1v) is 8.75. The fourth-order valence-electron chi connectivity index (χ4n) is 3.16. The summed E-state index contributed by atoms with van der Waals surface area (Å²) in [4.78, 5) is 22.7. The van der Waals surface area contributed by atoms with E-state index in [0.717, 1.165) is 5.56 Å². The molecule has 0 amide bonds.